The second-order valence-electron chi connectivity index (χ2n) is 8.25. The first kappa shape index (κ1) is 18.8. The zero-order valence-electron chi connectivity index (χ0n) is 17.5. The van der Waals surface area contributed by atoms with Crippen LogP contribution in [0.5, 0.6) is 0 Å². The van der Waals surface area contributed by atoms with Gasteiger partial charge in [0.05, 0.1) is 13.2 Å². The van der Waals surface area contributed by atoms with Gasteiger partial charge in [-0.05, 0) is 40.6 Å². The van der Waals surface area contributed by atoms with Crippen LogP contribution >= 0.6 is 0 Å². The molecule has 0 saturated heterocycles. The maximum absolute atomic E-state index is 3.37. The van der Waals surface area contributed by atoms with E-state index in [1.165, 1.54) is 27.7 Å². The Bertz CT molecular complexity index is 1140. The van der Waals surface area contributed by atoms with Crippen LogP contribution in [-0.4, -0.2) is 49.7 Å². The van der Waals surface area contributed by atoms with E-state index >= 15 is 0 Å². The molecule has 0 N–H and O–H groups in total. The Hall–Kier alpha value is -3.22. The van der Waals surface area contributed by atoms with Crippen LogP contribution in [0.4, 0.5) is 5.69 Å². The summed E-state index contributed by atoms with van der Waals surface area (Å²) in [4.78, 5) is 7.40. The largest absolute Gasteiger partial charge is 0.360 e. The lowest BCUT2D eigenvalue weighted by molar-refractivity contribution is 0.265. The second kappa shape index (κ2) is 8.26. The van der Waals surface area contributed by atoms with Gasteiger partial charge in [0.2, 0.25) is 0 Å². The monoisotopic (exact) mass is 393 g/mol. The van der Waals surface area contributed by atoms with Gasteiger partial charge in [0.25, 0.3) is 0 Å². The maximum atomic E-state index is 3.37. The van der Waals surface area contributed by atoms with Crippen molar-refractivity contribution in [2.45, 2.75) is 6.42 Å². The molecule has 0 aromatic heterocycles. The molecule has 2 aliphatic heterocycles. The van der Waals surface area contributed by atoms with Crippen molar-refractivity contribution in [3.05, 3.63) is 89.6 Å². The number of nitrogens with zero attached hydrogens (tertiary/aromatic N) is 3. The standard InChI is InChI=1S/C27H27N3/c1-28-21-30(26-14-13-23-11-5-6-12-24(23)18-26)20-25-19-29(17-15-27(25)28)16-7-10-22-8-3-2-4-9-22/h2-6,8-9,11-14,18H,15-17,19-21H2,1H3. The van der Waals surface area contributed by atoms with Crippen LogP contribution in [0.15, 0.2) is 84.1 Å². The Labute approximate surface area is 179 Å². The summed E-state index contributed by atoms with van der Waals surface area (Å²) in [5.41, 5.74) is 5.45. The van der Waals surface area contributed by atoms with Crippen LogP contribution in [0.25, 0.3) is 10.8 Å². The number of hydrogen-bond donors (Lipinski definition) is 0. The van der Waals surface area contributed by atoms with Crippen LogP contribution in [-0.2, 0) is 0 Å². The Morgan fingerprint density at radius 3 is 2.53 bits per heavy atom. The molecule has 5 rings (SSSR count). The van der Waals surface area contributed by atoms with Gasteiger partial charge in [-0.1, -0.05) is 60.4 Å². The topological polar surface area (TPSA) is 9.72 Å². The lowest BCUT2D eigenvalue weighted by Crippen LogP contribution is -2.47. The first-order valence-electron chi connectivity index (χ1n) is 10.7. The van der Waals surface area contributed by atoms with Crippen molar-refractivity contribution >= 4 is 16.5 Å². The average molecular weight is 394 g/mol. The minimum Gasteiger partial charge on any atom is -0.360 e. The molecule has 2 aliphatic rings. The highest BCUT2D eigenvalue weighted by Crippen LogP contribution is 2.30. The van der Waals surface area contributed by atoms with Crippen molar-refractivity contribution in [2.75, 3.05) is 44.8 Å². The third-order valence-electron chi connectivity index (χ3n) is 6.12. The summed E-state index contributed by atoms with van der Waals surface area (Å²) in [5.74, 6) is 6.66. The minimum absolute atomic E-state index is 0.825. The van der Waals surface area contributed by atoms with Crippen LogP contribution < -0.4 is 4.90 Å². The smallest absolute Gasteiger partial charge is 0.0900 e. The third kappa shape index (κ3) is 3.92. The molecular weight excluding hydrogens is 366 g/mol. The van der Waals surface area contributed by atoms with E-state index in [1.807, 2.05) is 18.2 Å². The number of fused-ring (bicyclic) bond motifs is 1. The van der Waals surface area contributed by atoms with Gasteiger partial charge in [-0.3, -0.25) is 4.90 Å². The zero-order chi connectivity index (χ0) is 20.3. The normalized spacial score (nSPS) is 17.0. The minimum atomic E-state index is 0.825. The molecule has 0 saturated carbocycles. The third-order valence-corrected chi connectivity index (χ3v) is 6.12. The highest BCUT2D eigenvalue weighted by atomic mass is 15.3. The first-order valence-corrected chi connectivity index (χ1v) is 10.7. The molecule has 0 radical (unpaired) electrons. The summed E-state index contributed by atoms with van der Waals surface area (Å²) in [6, 6.07) is 25.7. The van der Waals surface area contributed by atoms with Gasteiger partial charge < -0.3 is 9.80 Å². The van der Waals surface area contributed by atoms with Gasteiger partial charge in [0.15, 0.2) is 0 Å². The van der Waals surface area contributed by atoms with E-state index in [4.69, 9.17) is 0 Å². The fraction of sp³-hybridized carbons (Fsp3) is 0.259. The summed E-state index contributed by atoms with van der Waals surface area (Å²) in [7, 11) is 2.23. The summed E-state index contributed by atoms with van der Waals surface area (Å²) in [5, 5.41) is 2.60. The summed E-state index contributed by atoms with van der Waals surface area (Å²) in [6.07, 6.45) is 1.12. The average Bonchev–Trinajstić information content (AvgIpc) is 2.79. The van der Waals surface area contributed by atoms with E-state index in [2.05, 4.69) is 88.2 Å². The maximum Gasteiger partial charge on any atom is 0.0900 e. The molecule has 0 aliphatic carbocycles. The molecule has 0 unspecified atom stereocenters. The summed E-state index contributed by atoms with van der Waals surface area (Å²) in [6.45, 7) is 4.87. The Balaban J connectivity index is 1.30. The Kier molecular flexibility index (Phi) is 5.17. The summed E-state index contributed by atoms with van der Waals surface area (Å²) < 4.78 is 0. The summed E-state index contributed by atoms with van der Waals surface area (Å²) >= 11 is 0. The molecule has 0 fully saturated rings. The first-order chi connectivity index (χ1) is 14.8. The molecule has 0 amide bonds. The number of hydrogen-bond acceptors (Lipinski definition) is 3. The van der Waals surface area contributed by atoms with Crippen LogP contribution in [0, 0.1) is 11.8 Å². The number of benzene rings is 3. The molecule has 0 atom stereocenters. The van der Waals surface area contributed by atoms with Gasteiger partial charge in [0.1, 0.15) is 0 Å². The lowest BCUT2D eigenvalue weighted by atomic mass is 10.0. The quantitative estimate of drug-likeness (QED) is 0.591. The van der Waals surface area contributed by atoms with Crippen molar-refractivity contribution in [1.29, 1.82) is 0 Å². The van der Waals surface area contributed by atoms with E-state index in [0.717, 1.165) is 44.8 Å². The molecule has 0 bridgehead atoms. The lowest BCUT2D eigenvalue weighted by Gasteiger charge is -2.43. The fourth-order valence-corrected chi connectivity index (χ4v) is 4.56. The molecule has 3 aromatic rings. The molecule has 3 nitrogen and oxygen atoms in total. The van der Waals surface area contributed by atoms with Crippen LogP contribution in [0.3, 0.4) is 0 Å². The van der Waals surface area contributed by atoms with Gasteiger partial charge >= 0.3 is 0 Å². The molecule has 150 valence electrons. The molecular formula is C27H27N3. The van der Waals surface area contributed by atoms with E-state index in [9.17, 15) is 0 Å². The molecule has 0 spiro atoms. The highest BCUT2D eigenvalue weighted by Gasteiger charge is 2.27. The molecule has 3 aromatic carbocycles. The molecule has 2 heterocycles. The van der Waals surface area contributed by atoms with Crippen molar-refractivity contribution in [2.24, 2.45) is 0 Å². The van der Waals surface area contributed by atoms with E-state index < -0.39 is 0 Å². The molecule has 30 heavy (non-hydrogen) atoms. The number of rotatable bonds is 2. The number of anilines is 1. The Morgan fingerprint density at radius 2 is 1.67 bits per heavy atom. The highest BCUT2D eigenvalue weighted by molar-refractivity contribution is 5.85. The predicted molar refractivity (Wildman–Crippen MR) is 125 cm³/mol. The second-order valence-corrected chi connectivity index (χ2v) is 8.25. The van der Waals surface area contributed by atoms with Crippen LogP contribution in [0.2, 0.25) is 0 Å². The fourth-order valence-electron chi connectivity index (χ4n) is 4.56. The van der Waals surface area contributed by atoms with Crippen molar-refractivity contribution < 1.29 is 0 Å². The van der Waals surface area contributed by atoms with E-state index in [1.54, 1.807) is 0 Å². The van der Waals surface area contributed by atoms with E-state index in [0.29, 0.717) is 0 Å². The Morgan fingerprint density at radius 1 is 0.867 bits per heavy atom. The SMILES string of the molecule is CN1CN(c2ccc3ccccc3c2)CC2=C1CCN(CC#Cc1ccccc1)C2. The van der Waals surface area contributed by atoms with Crippen molar-refractivity contribution in [1.82, 2.24) is 9.80 Å². The van der Waals surface area contributed by atoms with Gasteiger partial charge in [-0.25, -0.2) is 0 Å². The van der Waals surface area contributed by atoms with Crippen molar-refractivity contribution in [3.63, 3.8) is 0 Å². The van der Waals surface area contributed by atoms with Gasteiger partial charge in [0, 0.05) is 50.1 Å². The van der Waals surface area contributed by atoms with Gasteiger partial charge in [-0.2, -0.15) is 0 Å². The van der Waals surface area contributed by atoms with Crippen LogP contribution in [0.1, 0.15) is 12.0 Å². The zero-order valence-corrected chi connectivity index (χ0v) is 17.5. The predicted octanol–water partition coefficient (Wildman–Crippen LogP) is 4.56. The van der Waals surface area contributed by atoms with Crippen molar-refractivity contribution in [3.8, 4) is 11.8 Å². The van der Waals surface area contributed by atoms with Gasteiger partial charge in [-0.15, -0.1) is 0 Å². The molecule has 3 heteroatoms. The van der Waals surface area contributed by atoms with E-state index in [-0.39, 0.29) is 0 Å².